The second kappa shape index (κ2) is 6.09. The third-order valence-electron chi connectivity index (χ3n) is 4.73. The molecule has 0 aliphatic carbocycles. The number of amides is 1. The summed E-state index contributed by atoms with van der Waals surface area (Å²) in [7, 11) is 2.16. The highest BCUT2D eigenvalue weighted by molar-refractivity contribution is 6.11. The van der Waals surface area contributed by atoms with Gasteiger partial charge in [0, 0.05) is 12.2 Å². The number of hydrogen-bond donors (Lipinski definition) is 2. The van der Waals surface area contributed by atoms with E-state index in [9.17, 15) is 4.79 Å². The molecule has 4 rings (SSSR count). The van der Waals surface area contributed by atoms with Gasteiger partial charge in [0.05, 0.1) is 17.4 Å². The topological polar surface area (TPSA) is 61.0 Å². The molecule has 1 aliphatic rings. The van der Waals surface area contributed by atoms with E-state index in [2.05, 4.69) is 39.4 Å². The van der Waals surface area contributed by atoms with Gasteiger partial charge in [0.15, 0.2) is 0 Å². The fourth-order valence-electron chi connectivity index (χ4n) is 3.39. The Hall–Kier alpha value is -2.66. The fourth-order valence-corrected chi connectivity index (χ4v) is 3.39. The molecule has 2 heterocycles. The number of para-hydroxylation sites is 1. The monoisotopic (exact) mass is 320 g/mol. The number of anilines is 1. The number of hydrogen-bond acceptors (Lipinski definition) is 3. The Kier molecular flexibility index (Phi) is 3.78. The fraction of sp³-hybridized carbons (Fsp3) is 0.263. The van der Waals surface area contributed by atoms with Gasteiger partial charge in [0.1, 0.15) is 5.52 Å². The molecule has 5 heteroatoms. The van der Waals surface area contributed by atoms with Crippen molar-refractivity contribution in [1.82, 2.24) is 14.9 Å². The van der Waals surface area contributed by atoms with Crippen molar-refractivity contribution in [3.8, 4) is 0 Å². The van der Waals surface area contributed by atoms with Gasteiger partial charge in [-0.15, -0.1) is 0 Å². The predicted octanol–water partition coefficient (Wildman–Crippen LogP) is 3.23. The summed E-state index contributed by atoms with van der Waals surface area (Å²) < 4.78 is 0. The van der Waals surface area contributed by atoms with Crippen molar-refractivity contribution in [2.45, 2.75) is 12.3 Å². The van der Waals surface area contributed by atoms with Gasteiger partial charge < -0.3 is 15.2 Å². The van der Waals surface area contributed by atoms with E-state index >= 15 is 0 Å². The Labute approximate surface area is 140 Å². The number of carbonyl (C=O) groups excluding carboxylic acids is 1. The summed E-state index contributed by atoms with van der Waals surface area (Å²) in [6.45, 7) is 2.25. The predicted molar refractivity (Wildman–Crippen MR) is 95.3 cm³/mol. The van der Waals surface area contributed by atoms with Crippen LogP contribution >= 0.6 is 0 Å². The summed E-state index contributed by atoms with van der Waals surface area (Å²) >= 11 is 0. The molecule has 1 fully saturated rings. The first-order valence-corrected chi connectivity index (χ1v) is 8.22. The summed E-state index contributed by atoms with van der Waals surface area (Å²) in [5.41, 5.74) is 4.29. The maximum absolute atomic E-state index is 12.5. The molecule has 0 spiro atoms. The molecule has 3 aromatic rings. The van der Waals surface area contributed by atoms with Gasteiger partial charge in [-0.25, -0.2) is 4.98 Å². The summed E-state index contributed by atoms with van der Waals surface area (Å²) in [6.07, 6.45) is 2.80. The van der Waals surface area contributed by atoms with Gasteiger partial charge >= 0.3 is 0 Å². The zero-order chi connectivity index (χ0) is 16.5. The molecule has 2 aromatic carbocycles. The molecule has 1 aliphatic heterocycles. The number of likely N-dealkylation sites (tertiary alicyclic amines) is 1. The van der Waals surface area contributed by atoms with E-state index in [-0.39, 0.29) is 5.91 Å². The maximum atomic E-state index is 12.5. The van der Waals surface area contributed by atoms with Crippen molar-refractivity contribution in [1.29, 1.82) is 0 Å². The highest BCUT2D eigenvalue weighted by Crippen LogP contribution is 2.27. The highest BCUT2D eigenvalue weighted by Gasteiger charge is 2.21. The third-order valence-corrected chi connectivity index (χ3v) is 4.73. The number of imidazole rings is 1. The minimum atomic E-state index is -0.138. The van der Waals surface area contributed by atoms with Crippen LogP contribution in [0.25, 0.3) is 11.0 Å². The standard InChI is InChI=1S/C19H20N4O/c1-23-10-9-14(11-23)13-5-7-15(8-6-13)22-19(24)16-3-2-4-17-18(16)21-12-20-17/h2-8,12,14H,9-11H2,1H3,(H,20,21)(H,22,24). The number of fused-ring (bicyclic) bond motifs is 1. The number of H-pyrrole nitrogens is 1. The lowest BCUT2D eigenvalue weighted by molar-refractivity contribution is 0.102. The minimum absolute atomic E-state index is 0.138. The molecule has 5 nitrogen and oxygen atoms in total. The average Bonchev–Trinajstić information content (AvgIpc) is 3.24. The largest absolute Gasteiger partial charge is 0.345 e. The first kappa shape index (κ1) is 14.9. The number of likely N-dealkylation sites (N-methyl/N-ethyl adjacent to an activating group) is 1. The summed E-state index contributed by atoms with van der Waals surface area (Å²) in [5, 5.41) is 2.96. The lowest BCUT2D eigenvalue weighted by Crippen LogP contribution is -2.14. The molecule has 1 amide bonds. The number of nitrogens with zero attached hydrogens (tertiary/aromatic N) is 2. The van der Waals surface area contributed by atoms with E-state index in [1.54, 1.807) is 12.4 Å². The van der Waals surface area contributed by atoms with Crippen LogP contribution in [0, 0.1) is 0 Å². The van der Waals surface area contributed by atoms with Gasteiger partial charge in [-0.2, -0.15) is 0 Å². The first-order valence-electron chi connectivity index (χ1n) is 8.22. The zero-order valence-corrected chi connectivity index (χ0v) is 13.6. The van der Waals surface area contributed by atoms with Crippen LogP contribution < -0.4 is 5.32 Å². The number of benzene rings is 2. The Morgan fingerprint density at radius 1 is 1.25 bits per heavy atom. The number of carbonyl (C=O) groups is 1. The Morgan fingerprint density at radius 3 is 2.83 bits per heavy atom. The van der Waals surface area contributed by atoms with Crippen LogP contribution in [0.1, 0.15) is 28.3 Å². The normalized spacial score (nSPS) is 18.1. The van der Waals surface area contributed by atoms with Crippen LogP contribution in [0.4, 0.5) is 5.69 Å². The van der Waals surface area contributed by atoms with Gasteiger partial charge in [-0.1, -0.05) is 18.2 Å². The Morgan fingerprint density at radius 2 is 2.08 bits per heavy atom. The third kappa shape index (κ3) is 2.78. The number of aromatic amines is 1. The molecule has 0 radical (unpaired) electrons. The quantitative estimate of drug-likeness (QED) is 0.779. The van der Waals surface area contributed by atoms with E-state index in [0.29, 0.717) is 17.0 Å². The van der Waals surface area contributed by atoms with Crippen LogP contribution in [0.5, 0.6) is 0 Å². The molecule has 0 saturated carbocycles. The van der Waals surface area contributed by atoms with E-state index in [1.807, 2.05) is 24.3 Å². The number of rotatable bonds is 3. The molecule has 1 saturated heterocycles. The molecule has 24 heavy (non-hydrogen) atoms. The molecule has 122 valence electrons. The molecular weight excluding hydrogens is 300 g/mol. The molecule has 1 unspecified atom stereocenters. The second-order valence-corrected chi connectivity index (χ2v) is 6.43. The SMILES string of the molecule is CN1CCC(c2ccc(NC(=O)c3cccc4[nH]cnc34)cc2)C1. The van der Waals surface area contributed by atoms with Crippen LogP contribution in [-0.2, 0) is 0 Å². The van der Waals surface area contributed by atoms with Crippen molar-refractivity contribution in [3.05, 3.63) is 59.9 Å². The van der Waals surface area contributed by atoms with Crippen LogP contribution in [0.15, 0.2) is 48.8 Å². The lowest BCUT2D eigenvalue weighted by Gasteiger charge is -2.12. The molecular formula is C19H20N4O. The van der Waals surface area contributed by atoms with E-state index in [4.69, 9.17) is 0 Å². The first-order chi connectivity index (χ1) is 11.7. The van der Waals surface area contributed by atoms with Gasteiger partial charge in [-0.3, -0.25) is 4.79 Å². The smallest absolute Gasteiger partial charge is 0.257 e. The minimum Gasteiger partial charge on any atom is -0.345 e. The molecule has 1 atom stereocenters. The van der Waals surface area contributed by atoms with Crippen molar-refractivity contribution in [2.24, 2.45) is 0 Å². The van der Waals surface area contributed by atoms with E-state index in [0.717, 1.165) is 24.3 Å². The van der Waals surface area contributed by atoms with Gasteiger partial charge in [-0.05, 0) is 55.8 Å². The van der Waals surface area contributed by atoms with Gasteiger partial charge in [0.25, 0.3) is 5.91 Å². The molecule has 1 aromatic heterocycles. The maximum Gasteiger partial charge on any atom is 0.257 e. The van der Waals surface area contributed by atoms with Crippen molar-refractivity contribution < 1.29 is 4.79 Å². The Bertz CT molecular complexity index is 868. The highest BCUT2D eigenvalue weighted by atomic mass is 16.1. The summed E-state index contributed by atoms with van der Waals surface area (Å²) in [6, 6.07) is 13.8. The van der Waals surface area contributed by atoms with Crippen LogP contribution in [0.3, 0.4) is 0 Å². The second-order valence-electron chi connectivity index (χ2n) is 6.43. The van der Waals surface area contributed by atoms with E-state index < -0.39 is 0 Å². The molecule has 2 N–H and O–H groups in total. The summed E-state index contributed by atoms with van der Waals surface area (Å²) in [5.74, 6) is 0.457. The Balaban J connectivity index is 1.51. The van der Waals surface area contributed by atoms with Crippen molar-refractivity contribution in [2.75, 3.05) is 25.5 Å². The molecule has 0 bridgehead atoms. The van der Waals surface area contributed by atoms with Crippen LogP contribution in [0.2, 0.25) is 0 Å². The number of nitrogens with one attached hydrogen (secondary N) is 2. The number of aromatic nitrogens is 2. The van der Waals surface area contributed by atoms with Crippen molar-refractivity contribution >= 4 is 22.6 Å². The van der Waals surface area contributed by atoms with Gasteiger partial charge in [0.2, 0.25) is 0 Å². The van der Waals surface area contributed by atoms with E-state index in [1.165, 1.54) is 12.0 Å². The average molecular weight is 320 g/mol. The summed E-state index contributed by atoms with van der Waals surface area (Å²) in [4.78, 5) is 22.2. The van der Waals surface area contributed by atoms with Crippen LogP contribution in [-0.4, -0.2) is 40.9 Å². The lowest BCUT2D eigenvalue weighted by atomic mass is 9.98. The van der Waals surface area contributed by atoms with Crippen molar-refractivity contribution in [3.63, 3.8) is 0 Å². The zero-order valence-electron chi connectivity index (χ0n) is 13.6.